The second-order valence-electron chi connectivity index (χ2n) is 4.24. The van der Waals surface area contributed by atoms with Gasteiger partial charge in [-0.1, -0.05) is 30.3 Å². The summed E-state index contributed by atoms with van der Waals surface area (Å²) in [6, 6.07) is 10.3. The van der Waals surface area contributed by atoms with Gasteiger partial charge in [-0.2, -0.15) is 0 Å². The minimum atomic E-state index is -0.135. The van der Waals surface area contributed by atoms with Crippen molar-refractivity contribution in [3.8, 4) is 0 Å². The Hall–Kier alpha value is -0.940. The van der Waals surface area contributed by atoms with Gasteiger partial charge in [0, 0.05) is 18.6 Å². The SMILES string of the molecule is NCCNC(CCN)(CCN)c1ccccc1. The fraction of sp³-hybridized carbons (Fsp3) is 0.538. The number of nitrogens with two attached hydrogens (primary N) is 3. The van der Waals surface area contributed by atoms with Crippen LogP contribution in [0.4, 0.5) is 0 Å². The molecule has 0 saturated carbocycles. The topological polar surface area (TPSA) is 90.1 Å². The van der Waals surface area contributed by atoms with Gasteiger partial charge in [0.05, 0.1) is 0 Å². The molecule has 0 unspecified atom stereocenters. The fourth-order valence-corrected chi connectivity index (χ4v) is 2.25. The predicted molar refractivity (Wildman–Crippen MR) is 72.5 cm³/mol. The smallest absolute Gasteiger partial charge is 0.0459 e. The first-order valence-corrected chi connectivity index (χ1v) is 6.20. The molecule has 17 heavy (non-hydrogen) atoms. The molecular weight excluding hydrogens is 212 g/mol. The second-order valence-corrected chi connectivity index (χ2v) is 4.24. The van der Waals surface area contributed by atoms with Crippen LogP contribution in [0.3, 0.4) is 0 Å². The van der Waals surface area contributed by atoms with Crippen LogP contribution in [0.1, 0.15) is 18.4 Å². The maximum atomic E-state index is 5.74. The van der Waals surface area contributed by atoms with E-state index < -0.39 is 0 Å². The van der Waals surface area contributed by atoms with Crippen LogP contribution in [-0.4, -0.2) is 26.2 Å². The third kappa shape index (κ3) is 3.78. The Morgan fingerprint density at radius 2 is 1.47 bits per heavy atom. The monoisotopic (exact) mass is 236 g/mol. The molecule has 1 aromatic carbocycles. The summed E-state index contributed by atoms with van der Waals surface area (Å²) in [5.74, 6) is 0. The molecule has 1 aromatic rings. The molecule has 0 aromatic heterocycles. The Bertz CT molecular complexity index is 294. The van der Waals surface area contributed by atoms with Gasteiger partial charge in [-0.15, -0.1) is 0 Å². The molecule has 0 spiro atoms. The molecule has 4 nitrogen and oxygen atoms in total. The van der Waals surface area contributed by atoms with E-state index in [0.29, 0.717) is 19.6 Å². The average molecular weight is 236 g/mol. The van der Waals surface area contributed by atoms with Gasteiger partial charge in [0.2, 0.25) is 0 Å². The van der Waals surface area contributed by atoms with Crippen molar-refractivity contribution in [2.45, 2.75) is 18.4 Å². The van der Waals surface area contributed by atoms with Gasteiger partial charge in [0.1, 0.15) is 0 Å². The zero-order chi connectivity index (χ0) is 12.6. The first-order valence-electron chi connectivity index (χ1n) is 6.20. The summed E-state index contributed by atoms with van der Waals surface area (Å²) in [5, 5.41) is 3.52. The Morgan fingerprint density at radius 3 is 1.94 bits per heavy atom. The predicted octanol–water partition coefficient (Wildman–Crippen LogP) is 0.128. The zero-order valence-corrected chi connectivity index (χ0v) is 10.4. The molecule has 0 fully saturated rings. The number of hydrogen-bond donors (Lipinski definition) is 4. The van der Waals surface area contributed by atoms with E-state index in [1.165, 1.54) is 5.56 Å². The van der Waals surface area contributed by atoms with E-state index in [1.807, 2.05) is 18.2 Å². The minimum Gasteiger partial charge on any atom is -0.330 e. The standard InChI is InChI=1S/C13H24N4/c14-8-6-13(7-9-15,17-11-10-16)12-4-2-1-3-5-12/h1-5,17H,6-11,14-16H2. The molecule has 0 bridgehead atoms. The highest BCUT2D eigenvalue weighted by Gasteiger charge is 2.29. The number of rotatable bonds is 8. The number of benzene rings is 1. The van der Waals surface area contributed by atoms with E-state index in [4.69, 9.17) is 17.2 Å². The van der Waals surface area contributed by atoms with Crippen molar-refractivity contribution in [3.63, 3.8) is 0 Å². The Labute approximate surface area is 104 Å². The van der Waals surface area contributed by atoms with Crippen LogP contribution in [0.15, 0.2) is 30.3 Å². The molecule has 0 atom stereocenters. The second kappa shape index (κ2) is 7.40. The molecule has 7 N–H and O–H groups in total. The van der Waals surface area contributed by atoms with Crippen LogP contribution in [0.5, 0.6) is 0 Å². The van der Waals surface area contributed by atoms with Crippen LogP contribution in [0.2, 0.25) is 0 Å². The highest BCUT2D eigenvalue weighted by Crippen LogP contribution is 2.27. The van der Waals surface area contributed by atoms with Crippen LogP contribution >= 0.6 is 0 Å². The summed E-state index contributed by atoms with van der Waals surface area (Å²) in [7, 11) is 0. The highest BCUT2D eigenvalue weighted by molar-refractivity contribution is 5.24. The molecule has 0 aliphatic carbocycles. The van der Waals surface area contributed by atoms with Crippen LogP contribution < -0.4 is 22.5 Å². The molecular formula is C13H24N4. The molecule has 96 valence electrons. The van der Waals surface area contributed by atoms with E-state index in [0.717, 1.165) is 19.4 Å². The first-order chi connectivity index (χ1) is 8.29. The van der Waals surface area contributed by atoms with Crippen LogP contribution in [0.25, 0.3) is 0 Å². The first kappa shape index (κ1) is 14.1. The van der Waals surface area contributed by atoms with Gasteiger partial charge in [0.15, 0.2) is 0 Å². The van der Waals surface area contributed by atoms with Gasteiger partial charge in [-0.25, -0.2) is 0 Å². The third-order valence-corrected chi connectivity index (χ3v) is 3.08. The molecule has 4 heteroatoms. The zero-order valence-electron chi connectivity index (χ0n) is 10.4. The van der Waals surface area contributed by atoms with E-state index in [1.54, 1.807) is 0 Å². The molecule has 0 aliphatic rings. The van der Waals surface area contributed by atoms with E-state index in [9.17, 15) is 0 Å². The van der Waals surface area contributed by atoms with Gasteiger partial charge >= 0.3 is 0 Å². The summed E-state index contributed by atoms with van der Waals surface area (Å²) >= 11 is 0. The van der Waals surface area contributed by atoms with Crippen molar-refractivity contribution in [2.24, 2.45) is 17.2 Å². The van der Waals surface area contributed by atoms with Crippen molar-refractivity contribution < 1.29 is 0 Å². The molecule has 0 heterocycles. The quantitative estimate of drug-likeness (QED) is 0.516. The molecule has 0 aliphatic heterocycles. The van der Waals surface area contributed by atoms with Crippen LogP contribution in [-0.2, 0) is 5.54 Å². The van der Waals surface area contributed by atoms with Crippen molar-refractivity contribution in [2.75, 3.05) is 26.2 Å². The van der Waals surface area contributed by atoms with Gasteiger partial charge in [0.25, 0.3) is 0 Å². The largest absolute Gasteiger partial charge is 0.330 e. The summed E-state index contributed by atoms with van der Waals surface area (Å²) in [6.45, 7) is 2.65. The van der Waals surface area contributed by atoms with Crippen molar-refractivity contribution in [3.05, 3.63) is 35.9 Å². The third-order valence-electron chi connectivity index (χ3n) is 3.08. The van der Waals surface area contributed by atoms with E-state index in [2.05, 4.69) is 17.4 Å². The van der Waals surface area contributed by atoms with Gasteiger partial charge < -0.3 is 22.5 Å². The molecule has 0 saturated heterocycles. The lowest BCUT2D eigenvalue weighted by Gasteiger charge is -2.35. The summed E-state index contributed by atoms with van der Waals surface area (Å²) in [6.07, 6.45) is 1.74. The van der Waals surface area contributed by atoms with Crippen molar-refractivity contribution in [1.29, 1.82) is 0 Å². The Balaban J connectivity index is 2.95. The van der Waals surface area contributed by atoms with Crippen molar-refractivity contribution >= 4 is 0 Å². The fourth-order valence-electron chi connectivity index (χ4n) is 2.25. The van der Waals surface area contributed by atoms with E-state index in [-0.39, 0.29) is 5.54 Å². The molecule has 0 amide bonds. The number of hydrogen-bond acceptors (Lipinski definition) is 4. The minimum absolute atomic E-state index is 0.135. The van der Waals surface area contributed by atoms with Gasteiger partial charge in [-0.05, 0) is 31.5 Å². The van der Waals surface area contributed by atoms with E-state index >= 15 is 0 Å². The summed E-state index contributed by atoms with van der Waals surface area (Å²) in [5.41, 5.74) is 18.2. The lowest BCUT2D eigenvalue weighted by atomic mass is 9.83. The van der Waals surface area contributed by atoms with Crippen molar-refractivity contribution in [1.82, 2.24) is 5.32 Å². The molecule has 1 rings (SSSR count). The lowest BCUT2D eigenvalue weighted by molar-refractivity contribution is 0.297. The summed E-state index contributed by atoms with van der Waals surface area (Å²) in [4.78, 5) is 0. The maximum Gasteiger partial charge on any atom is 0.0459 e. The Kier molecular flexibility index (Phi) is 6.15. The maximum absolute atomic E-state index is 5.74. The van der Waals surface area contributed by atoms with Gasteiger partial charge in [-0.3, -0.25) is 0 Å². The molecule has 0 radical (unpaired) electrons. The lowest BCUT2D eigenvalue weighted by Crippen LogP contribution is -2.47. The number of nitrogens with one attached hydrogen (secondary N) is 1. The van der Waals surface area contributed by atoms with Crippen LogP contribution in [0, 0.1) is 0 Å². The average Bonchev–Trinajstić information content (AvgIpc) is 2.37. The normalized spacial score (nSPS) is 11.7. The summed E-state index contributed by atoms with van der Waals surface area (Å²) < 4.78 is 0. The highest BCUT2D eigenvalue weighted by atomic mass is 15.0. The Morgan fingerprint density at radius 1 is 0.882 bits per heavy atom.